The van der Waals surface area contributed by atoms with Crippen LogP contribution in [-0.2, 0) is 4.74 Å². The highest BCUT2D eigenvalue weighted by Crippen LogP contribution is 2.44. The molecule has 1 saturated heterocycles. The molecule has 8 heteroatoms. The van der Waals surface area contributed by atoms with Crippen LogP contribution in [0.3, 0.4) is 0 Å². The molecule has 1 aliphatic heterocycles. The smallest absolute Gasteiger partial charge is 0.385 e. The predicted molar refractivity (Wildman–Crippen MR) is 97.4 cm³/mol. The summed E-state index contributed by atoms with van der Waals surface area (Å²) in [6.45, 7) is 5.17. The lowest BCUT2D eigenvalue weighted by Gasteiger charge is -2.40. The van der Waals surface area contributed by atoms with Gasteiger partial charge >= 0.3 is 6.18 Å². The summed E-state index contributed by atoms with van der Waals surface area (Å²) in [5.41, 5.74) is 0.259. The molecule has 1 heterocycles. The van der Waals surface area contributed by atoms with Crippen LogP contribution in [0.4, 0.5) is 13.2 Å². The molecule has 0 aromatic carbocycles. The second kappa shape index (κ2) is 9.78. The highest BCUT2D eigenvalue weighted by Gasteiger charge is 2.36. The molecule has 1 saturated carbocycles. The van der Waals surface area contributed by atoms with Crippen LogP contribution >= 0.6 is 0 Å². The van der Waals surface area contributed by atoms with Gasteiger partial charge in [0.25, 0.3) is 0 Å². The number of ether oxygens (including phenoxy) is 1. The highest BCUT2D eigenvalue weighted by atomic mass is 19.4. The maximum Gasteiger partial charge on any atom is 0.401 e. The van der Waals surface area contributed by atoms with Crippen LogP contribution in [0.25, 0.3) is 0 Å². The van der Waals surface area contributed by atoms with Crippen molar-refractivity contribution in [2.75, 3.05) is 53.0 Å². The summed E-state index contributed by atoms with van der Waals surface area (Å²) >= 11 is 0. The molecule has 0 bridgehead atoms. The zero-order chi connectivity index (χ0) is 19.0. The van der Waals surface area contributed by atoms with E-state index in [4.69, 9.17) is 9.73 Å². The van der Waals surface area contributed by atoms with Gasteiger partial charge in [-0.25, -0.2) is 0 Å². The lowest BCUT2D eigenvalue weighted by atomic mass is 9.67. The Labute approximate surface area is 154 Å². The van der Waals surface area contributed by atoms with Crippen molar-refractivity contribution in [3.8, 4) is 0 Å². The van der Waals surface area contributed by atoms with Gasteiger partial charge in [0.1, 0.15) is 0 Å². The molecule has 0 amide bonds. The van der Waals surface area contributed by atoms with E-state index < -0.39 is 12.7 Å². The third-order valence-corrected chi connectivity index (χ3v) is 5.50. The van der Waals surface area contributed by atoms with Gasteiger partial charge in [0.05, 0.1) is 6.54 Å². The summed E-state index contributed by atoms with van der Waals surface area (Å²) in [6.07, 6.45) is 1.34. The third-order valence-electron chi connectivity index (χ3n) is 5.50. The Bertz CT molecular complexity index is 452. The van der Waals surface area contributed by atoms with Gasteiger partial charge in [-0.3, -0.25) is 9.89 Å². The number of hydrogen-bond donors (Lipinski definition) is 2. The molecule has 1 aliphatic carbocycles. The molecule has 2 N–H and O–H groups in total. The summed E-state index contributed by atoms with van der Waals surface area (Å²) in [7, 11) is 1.73. The van der Waals surface area contributed by atoms with E-state index in [-0.39, 0.29) is 11.3 Å². The predicted octanol–water partition coefficient (Wildman–Crippen LogP) is 2.63. The van der Waals surface area contributed by atoms with Gasteiger partial charge in [0.15, 0.2) is 5.96 Å². The van der Waals surface area contributed by atoms with E-state index in [0.717, 1.165) is 38.5 Å². The molecule has 0 aromatic heterocycles. The molecule has 2 rings (SSSR count). The van der Waals surface area contributed by atoms with E-state index in [1.165, 1.54) is 24.2 Å². The lowest BCUT2D eigenvalue weighted by Crippen LogP contribution is -2.42. The summed E-state index contributed by atoms with van der Waals surface area (Å²) in [6, 6.07) is 0. The van der Waals surface area contributed by atoms with Gasteiger partial charge in [-0.1, -0.05) is 6.42 Å². The van der Waals surface area contributed by atoms with Crippen LogP contribution in [-0.4, -0.2) is 70.0 Å². The van der Waals surface area contributed by atoms with Crippen LogP contribution in [0, 0.1) is 11.3 Å². The lowest BCUT2D eigenvalue weighted by molar-refractivity contribution is -0.143. The van der Waals surface area contributed by atoms with Crippen LogP contribution in [0.5, 0.6) is 0 Å². The van der Waals surface area contributed by atoms with Gasteiger partial charge in [-0.15, -0.1) is 0 Å². The van der Waals surface area contributed by atoms with Crippen molar-refractivity contribution in [1.82, 2.24) is 15.5 Å². The van der Waals surface area contributed by atoms with E-state index in [2.05, 4.69) is 10.6 Å². The van der Waals surface area contributed by atoms with Gasteiger partial charge in [0.2, 0.25) is 0 Å². The number of aliphatic imine (C=N–C) groups is 1. The molecular weight excluding hydrogens is 345 g/mol. The Morgan fingerprint density at radius 2 is 2.08 bits per heavy atom. The Kier molecular flexibility index (Phi) is 8.01. The van der Waals surface area contributed by atoms with Crippen molar-refractivity contribution in [2.24, 2.45) is 16.3 Å². The highest BCUT2D eigenvalue weighted by molar-refractivity contribution is 5.79. The minimum atomic E-state index is -4.11. The van der Waals surface area contributed by atoms with Crippen molar-refractivity contribution < 1.29 is 17.9 Å². The van der Waals surface area contributed by atoms with Crippen LogP contribution < -0.4 is 10.6 Å². The first-order valence-corrected chi connectivity index (χ1v) is 9.66. The van der Waals surface area contributed by atoms with Gasteiger partial charge in [0, 0.05) is 39.9 Å². The number of nitrogens with one attached hydrogen (secondary N) is 2. The van der Waals surface area contributed by atoms with E-state index >= 15 is 0 Å². The molecule has 1 unspecified atom stereocenters. The summed E-state index contributed by atoms with van der Waals surface area (Å²) < 4.78 is 42.7. The second-order valence-electron chi connectivity index (χ2n) is 7.68. The third kappa shape index (κ3) is 6.95. The number of guanidine groups is 1. The second-order valence-corrected chi connectivity index (χ2v) is 7.68. The summed E-state index contributed by atoms with van der Waals surface area (Å²) in [5.74, 6) is 0.998. The molecule has 1 atom stereocenters. The van der Waals surface area contributed by atoms with E-state index in [9.17, 15) is 13.2 Å². The largest absolute Gasteiger partial charge is 0.401 e. The monoisotopic (exact) mass is 378 g/mol. The first-order chi connectivity index (χ1) is 12.4. The van der Waals surface area contributed by atoms with E-state index in [1.807, 2.05) is 6.92 Å². The Morgan fingerprint density at radius 1 is 1.31 bits per heavy atom. The number of rotatable bonds is 9. The molecule has 0 spiro atoms. The van der Waals surface area contributed by atoms with Gasteiger partial charge in [-0.05, 0) is 50.5 Å². The number of hydrogen-bond acceptors (Lipinski definition) is 3. The van der Waals surface area contributed by atoms with Gasteiger partial charge < -0.3 is 15.4 Å². The zero-order valence-corrected chi connectivity index (χ0v) is 16.0. The number of methoxy groups -OCH3 is 1. The number of nitrogens with zero attached hydrogens (tertiary/aromatic N) is 2. The standard InChI is InChI=1S/C18H33F3N4O/c1-3-22-16(24-13-17(6-4-7-17)8-10-26-2)23-11-15-5-9-25(12-15)14-18(19,20)21/h15H,3-14H2,1-2H3,(H2,22,23,24). The zero-order valence-electron chi connectivity index (χ0n) is 16.0. The minimum Gasteiger partial charge on any atom is -0.385 e. The fourth-order valence-corrected chi connectivity index (χ4v) is 3.79. The average Bonchev–Trinajstić information content (AvgIpc) is 2.96. The van der Waals surface area contributed by atoms with Crippen molar-refractivity contribution in [3.05, 3.63) is 0 Å². The summed E-state index contributed by atoms with van der Waals surface area (Å²) in [4.78, 5) is 6.24. The molecule has 152 valence electrons. The molecule has 0 aromatic rings. The molecule has 5 nitrogen and oxygen atoms in total. The van der Waals surface area contributed by atoms with Crippen molar-refractivity contribution in [2.45, 2.75) is 45.2 Å². The average molecular weight is 378 g/mol. The SMILES string of the molecule is CCNC(=NCC1(CCOC)CCC1)NCC1CCN(CC(F)(F)F)C1. The Hall–Kier alpha value is -1.02. The van der Waals surface area contributed by atoms with Gasteiger partial charge in [-0.2, -0.15) is 13.2 Å². The quantitative estimate of drug-likeness (QED) is 0.478. The van der Waals surface area contributed by atoms with E-state index in [0.29, 0.717) is 19.6 Å². The molecule has 26 heavy (non-hydrogen) atoms. The first-order valence-electron chi connectivity index (χ1n) is 9.66. The van der Waals surface area contributed by atoms with Crippen molar-refractivity contribution >= 4 is 5.96 Å². The van der Waals surface area contributed by atoms with E-state index in [1.54, 1.807) is 7.11 Å². The molecular formula is C18H33F3N4O. The Balaban J connectivity index is 1.79. The van der Waals surface area contributed by atoms with Crippen molar-refractivity contribution in [3.63, 3.8) is 0 Å². The number of halogens is 3. The topological polar surface area (TPSA) is 48.9 Å². The minimum absolute atomic E-state index is 0.229. The van der Waals surface area contributed by atoms with Crippen LogP contribution in [0.2, 0.25) is 0 Å². The number of alkyl halides is 3. The number of likely N-dealkylation sites (tertiary alicyclic amines) is 1. The summed E-state index contributed by atoms with van der Waals surface area (Å²) in [5, 5.41) is 6.57. The maximum atomic E-state index is 12.5. The van der Waals surface area contributed by atoms with Crippen LogP contribution in [0.1, 0.15) is 39.0 Å². The first kappa shape index (κ1) is 21.3. The molecule has 2 aliphatic rings. The Morgan fingerprint density at radius 3 is 2.65 bits per heavy atom. The fourth-order valence-electron chi connectivity index (χ4n) is 3.79. The fraction of sp³-hybridized carbons (Fsp3) is 0.944. The maximum absolute atomic E-state index is 12.5. The normalized spacial score (nSPS) is 23.7. The van der Waals surface area contributed by atoms with Crippen molar-refractivity contribution in [1.29, 1.82) is 0 Å². The molecule has 0 radical (unpaired) electrons. The molecule has 2 fully saturated rings. The van der Waals surface area contributed by atoms with Crippen LogP contribution in [0.15, 0.2) is 4.99 Å².